The van der Waals surface area contributed by atoms with Gasteiger partial charge in [0.1, 0.15) is 24.7 Å². The molecule has 33 heavy (non-hydrogen) atoms. The van der Waals surface area contributed by atoms with Gasteiger partial charge in [-0.25, -0.2) is 0 Å². The first-order valence-electron chi connectivity index (χ1n) is 11.4. The first kappa shape index (κ1) is 21.1. The van der Waals surface area contributed by atoms with Crippen molar-refractivity contribution in [1.29, 1.82) is 0 Å². The lowest BCUT2D eigenvalue weighted by Gasteiger charge is -2.28. The zero-order valence-electron chi connectivity index (χ0n) is 19.1. The monoisotopic (exact) mass is 435 g/mol. The number of nitrogens with one attached hydrogen (secondary N) is 1. The third kappa shape index (κ3) is 4.58. The van der Waals surface area contributed by atoms with Crippen molar-refractivity contribution in [3.05, 3.63) is 125 Å². The minimum absolute atomic E-state index is 0.0755. The molecule has 0 saturated carbocycles. The number of benzene rings is 4. The fourth-order valence-electron chi connectivity index (χ4n) is 4.50. The zero-order valence-corrected chi connectivity index (χ0v) is 19.1. The largest absolute Gasteiger partial charge is 0.489 e. The quantitative estimate of drug-likeness (QED) is 0.331. The van der Waals surface area contributed by atoms with Gasteiger partial charge in [0.15, 0.2) is 0 Å². The molecule has 1 heterocycles. The van der Waals surface area contributed by atoms with Crippen molar-refractivity contribution in [1.82, 2.24) is 0 Å². The van der Waals surface area contributed by atoms with Gasteiger partial charge in [-0.2, -0.15) is 0 Å². The Balaban J connectivity index is 1.28. The first-order chi connectivity index (χ1) is 16.1. The normalized spacial score (nSPS) is 16.0. The molecular formula is C30H29NO2. The van der Waals surface area contributed by atoms with E-state index in [0.29, 0.717) is 13.2 Å². The molecule has 1 aliphatic rings. The highest BCUT2D eigenvalue weighted by molar-refractivity contribution is 5.65. The van der Waals surface area contributed by atoms with Crippen LogP contribution in [0.2, 0.25) is 0 Å². The van der Waals surface area contributed by atoms with Crippen molar-refractivity contribution < 1.29 is 9.47 Å². The molecule has 3 heteroatoms. The maximum Gasteiger partial charge on any atom is 0.120 e. The molecule has 0 spiro atoms. The molecule has 166 valence electrons. The van der Waals surface area contributed by atoms with Crippen molar-refractivity contribution >= 4 is 5.69 Å². The third-order valence-electron chi connectivity index (χ3n) is 6.42. The molecule has 1 unspecified atom stereocenters. The van der Waals surface area contributed by atoms with Crippen LogP contribution in [-0.2, 0) is 18.6 Å². The van der Waals surface area contributed by atoms with Crippen LogP contribution in [0.25, 0.3) is 0 Å². The Morgan fingerprint density at radius 2 is 1.21 bits per heavy atom. The first-order valence-corrected chi connectivity index (χ1v) is 11.4. The van der Waals surface area contributed by atoms with Gasteiger partial charge in [-0.3, -0.25) is 0 Å². The summed E-state index contributed by atoms with van der Waals surface area (Å²) >= 11 is 0. The van der Waals surface area contributed by atoms with Crippen LogP contribution in [0, 0.1) is 0 Å². The summed E-state index contributed by atoms with van der Waals surface area (Å²) in [7, 11) is 0. The summed E-state index contributed by atoms with van der Waals surface area (Å²) in [6, 6.07) is 35.5. The molecule has 1 N–H and O–H groups in total. The van der Waals surface area contributed by atoms with Crippen LogP contribution in [0.5, 0.6) is 11.5 Å². The second kappa shape index (κ2) is 9.03. The molecule has 0 radical (unpaired) electrons. The van der Waals surface area contributed by atoms with E-state index in [0.717, 1.165) is 11.5 Å². The van der Waals surface area contributed by atoms with E-state index in [1.165, 1.54) is 27.9 Å². The predicted molar refractivity (Wildman–Crippen MR) is 134 cm³/mol. The molecule has 0 saturated heterocycles. The van der Waals surface area contributed by atoms with E-state index >= 15 is 0 Å². The Kier molecular flexibility index (Phi) is 5.78. The van der Waals surface area contributed by atoms with E-state index in [1.807, 2.05) is 42.5 Å². The Morgan fingerprint density at radius 3 is 1.82 bits per heavy atom. The molecule has 0 aliphatic carbocycles. The summed E-state index contributed by atoms with van der Waals surface area (Å²) in [4.78, 5) is 0. The van der Waals surface area contributed by atoms with Crippen LogP contribution in [-0.4, -0.2) is 0 Å². The van der Waals surface area contributed by atoms with Gasteiger partial charge in [0.25, 0.3) is 0 Å². The van der Waals surface area contributed by atoms with E-state index in [2.05, 4.69) is 79.8 Å². The molecule has 0 aromatic heterocycles. The molecule has 3 nitrogen and oxygen atoms in total. The molecule has 0 fully saturated rings. The van der Waals surface area contributed by atoms with Crippen LogP contribution in [0.15, 0.2) is 103 Å². The van der Waals surface area contributed by atoms with Gasteiger partial charge < -0.3 is 14.8 Å². The molecule has 0 bridgehead atoms. The van der Waals surface area contributed by atoms with Gasteiger partial charge in [-0.15, -0.1) is 0 Å². The summed E-state index contributed by atoms with van der Waals surface area (Å²) in [5.41, 5.74) is 5.95. The fourth-order valence-corrected chi connectivity index (χ4v) is 4.50. The zero-order chi connectivity index (χ0) is 22.7. The highest BCUT2D eigenvalue weighted by Gasteiger charge is 2.40. The minimum Gasteiger partial charge on any atom is -0.489 e. The average Bonchev–Trinajstić information content (AvgIpc) is 3.13. The Labute approximate surface area is 196 Å². The lowest BCUT2D eigenvalue weighted by Crippen LogP contribution is -2.25. The van der Waals surface area contributed by atoms with Gasteiger partial charge in [-0.05, 0) is 52.6 Å². The highest BCUT2D eigenvalue weighted by Crippen LogP contribution is 2.49. The summed E-state index contributed by atoms with van der Waals surface area (Å²) in [6.45, 7) is 5.72. The summed E-state index contributed by atoms with van der Waals surface area (Å²) < 4.78 is 12.1. The van der Waals surface area contributed by atoms with Crippen molar-refractivity contribution in [3.63, 3.8) is 0 Å². The summed E-state index contributed by atoms with van der Waals surface area (Å²) in [6.07, 6.45) is 0. The van der Waals surface area contributed by atoms with Crippen LogP contribution >= 0.6 is 0 Å². The average molecular weight is 436 g/mol. The molecule has 0 amide bonds. The maximum atomic E-state index is 6.09. The number of fused-ring (bicyclic) bond motifs is 1. The van der Waals surface area contributed by atoms with Crippen LogP contribution in [0.3, 0.4) is 0 Å². The Bertz CT molecular complexity index is 1200. The molecule has 1 aliphatic heterocycles. The third-order valence-corrected chi connectivity index (χ3v) is 6.42. The Hall–Kier alpha value is -3.72. The van der Waals surface area contributed by atoms with Crippen LogP contribution in [0.1, 0.15) is 42.1 Å². The van der Waals surface area contributed by atoms with E-state index < -0.39 is 0 Å². The lowest BCUT2D eigenvalue weighted by molar-refractivity contribution is 0.305. The lowest BCUT2D eigenvalue weighted by atomic mass is 9.78. The number of ether oxygens (including phenoxy) is 2. The van der Waals surface area contributed by atoms with E-state index in [9.17, 15) is 0 Å². The number of hydrogen-bond acceptors (Lipinski definition) is 3. The summed E-state index contributed by atoms with van der Waals surface area (Å²) in [5.74, 6) is 1.78. The molecule has 4 aromatic rings. The topological polar surface area (TPSA) is 30.5 Å². The van der Waals surface area contributed by atoms with E-state index in [-0.39, 0.29) is 11.5 Å². The second-order valence-corrected chi connectivity index (χ2v) is 9.12. The smallest absolute Gasteiger partial charge is 0.120 e. The fraction of sp³-hybridized carbons (Fsp3) is 0.200. The number of rotatable bonds is 7. The van der Waals surface area contributed by atoms with Crippen LogP contribution < -0.4 is 14.8 Å². The van der Waals surface area contributed by atoms with E-state index in [4.69, 9.17) is 9.47 Å². The van der Waals surface area contributed by atoms with Crippen molar-refractivity contribution in [2.24, 2.45) is 0 Å². The van der Waals surface area contributed by atoms with E-state index in [1.54, 1.807) is 0 Å². The van der Waals surface area contributed by atoms with Gasteiger partial charge in [0.2, 0.25) is 0 Å². The number of anilines is 1. The second-order valence-electron chi connectivity index (χ2n) is 9.12. The van der Waals surface area contributed by atoms with Crippen molar-refractivity contribution in [3.8, 4) is 11.5 Å². The predicted octanol–water partition coefficient (Wildman–Crippen LogP) is 7.29. The van der Waals surface area contributed by atoms with Gasteiger partial charge in [0, 0.05) is 11.1 Å². The number of hydrogen-bond donors (Lipinski definition) is 1. The molecule has 4 aromatic carbocycles. The van der Waals surface area contributed by atoms with Gasteiger partial charge in [0.05, 0.1) is 6.04 Å². The van der Waals surface area contributed by atoms with Gasteiger partial charge in [-0.1, -0.05) is 86.6 Å². The maximum absolute atomic E-state index is 6.09. The Morgan fingerprint density at radius 1 is 0.667 bits per heavy atom. The van der Waals surface area contributed by atoms with Crippen LogP contribution in [0.4, 0.5) is 5.69 Å². The molecule has 1 atom stereocenters. The van der Waals surface area contributed by atoms with Crippen molar-refractivity contribution in [2.45, 2.75) is 38.5 Å². The minimum atomic E-state index is -0.0755. The summed E-state index contributed by atoms with van der Waals surface area (Å²) in [5, 5.41) is 3.72. The molecule has 5 rings (SSSR count). The molecular weight excluding hydrogens is 406 g/mol. The van der Waals surface area contributed by atoms with Crippen molar-refractivity contribution in [2.75, 3.05) is 5.32 Å². The highest BCUT2D eigenvalue weighted by atomic mass is 16.5. The van der Waals surface area contributed by atoms with Gasteiger partial charge >= 0.3 is 0 Å². The SMILES string of the molecule is CC1(C)c2cc(OCc3ccccc3)ccc2NC1c1ccc(OCc2ccccc2)cc1. The standard InChI is InChI=1S/C30H29NO2/c1-30(2)27-19-26(33-21-23-11-7-4-8-12-23)17-18-28(27)31-29(30)24-13-15-25(16-14-24)32-20-22-9-5-3-6-10-22/h3-19,29,31H,20-21H2,1-2H3.